The van der Waals surface area contributed by atoms with Crippen LogP contribution in [0.15, 0.2) is 24.5 Å². The molecule has 0 spiro atoms. The summed E-state index contributed by atoms with van der Waals surface area (Å²) in [7, 11) is 0. The number of carbonyl (C=O) groups excluding carboxylic acids is 1. The van der Waals surface area contributed by atoms with E-state index in [0.29, 0.717) is 17.7 Å². The first kappa shape index (κ1) is 22.5. The summed E-state index contributed by atoms with van der Waals surface area (Å²) in [5.74, 6) is -2.29. The number of aliphatic hydroxyl groups is 1. The zero-order chi connectivity index (χ0) is 22.7. The Bertz CT molecular complexity index is 935. The van der Waals surface area contributed by atoms with Crippen molar-refractivity contribution in [1.29, 1.82) is 0 Å². The Morgan fingerprint density at radius 1 is 1.19 bits per heavy atom. The molecule has 2 heterocycles. The lowest BCUT2D eigenvalue weighted by Crippen LogP contribution is -2.42. The minimum atomic E-state index is -0.785. The predicted octanol–water partition coefficient (Wildman–Crippen LogP) is 2.79. The second kappa shape index (κ2) is 9.46. The molecule has 1 aromatic carbocycles. The van der Waals surface area contributed by atoms with E-state index in [4.69, 9.17) is 9.84 Å². The van der Waals surface area contributed by atoms with Gasteiger partial charge >= 0.3 is 0 Å². The average Bonchev–Trinajstić information content (AvgIpc) is 3.55. The third-order valence-corrected chi connectivity index (χ3v) is 6.40. The molecule has 1 amide bonds. The largest absolute Gasteiger partial charge is 0.487 e. The van der Waals surface area contributed by atoms with E-state index in [1.807, 2.05) is 0 Å². The number of nitrogens with one attached hydrogen (secondary N) is 1. The molecular formula is C23H28F2N4O3. The molecule has 0 bridgehead atoms. The molecule has 32 heavy (non-hydrogen) atoms. The number of amides is 1. The summed E-state index contributed by atoms with van der Waals surface area (Å²) in [6.07, 6.45) is 7.08. The van der Waals surface area contributed by atoms with Crippen LogP contribution in [0.25, 0.3) is 11.1 Å². The number of aliphatic hydroxyl groups excluding tert-OH is 1. The van der Waals surface area contributed by atoms with Gasteiger partial charge in [-0.2, -0.15) is 0 Å². The minimum Gasteiger partial charge on any atom is -0.487 e. The van der Waals surface area contributed by atoms with Crippen LogP contribution < -0.4 is 10.1 Å². The number of nitrogens with zero attached hydrogens (tertiary/aromatic N) is 3. The molecule has 9 heteroatoms. The highest BCUT2D eigenvalue weighted by Gasteiger charge is 2.44. The van der Waals surface area contributed by atoms with Crippen LogP contribution in [-0.4, -0.2) is 64.3 Å². The van der Waals surface area contributed by atoms with Crippen LogP contribution in [0, 0.1) is 17.6 Å². The minimum absolute atomic E-state index is 0.0837. The molecule has 7 nitrogen and oxygen atoms in total. The normalized spacial score (nSPS) is 18.4. The van der Waals surface area contributed by atoms with Gasteiger partial charge in [-0.3, -0.25) is 9.69 Å². The maximum atomic E-state index is 14.6. The molecule has 2 N–H and O–H groups in total. The van der Waals surface area contributed by atoms with Gasteiger partial charge in [-0.15, -0.1) is 0 Å². The predicted molar refractivity (Wildman–Crippen MR) is 114 cm³/mol. The number of halogens is 2. The molecule has 1 aromatic heterocycles. The number of piperidine rings is 1. The van der Waals surface area contributed by atoms with Crippen LogP contribution in [0.1, 0.15) is 43.2 Å². The second-order valence-corrected chi connectivity index (χ2v) is 8.78. The van der Waals surface area contributed by atoms with Crippen molar-refractivity contribution < 1.29 is 23.4 Å². The Labute approximate surface area is 185 Å². The summed E-state index contributed by atoms with van der Waals surface area (Å²) in [4.78, 5) is 22.2. The number of aromatic nitrogens is 2. The topological polar surface area (TPSA) is 87.6 Å². The van der Waals surface area contributed by atoms with Gasteiger partial charge in [-0.1, -0.05) is 0 Å². The average molecular weight is 446 g/mol. The summed E-state index contributed by atoms with van der Waals surface area (Å²) < 4.78 is 34.8. The standard InChI is InChI=1S/C23H28F2N4O3/c1-23(4-5-23)29-7-2-15(3-8-29)14-32-20-18(24)10-16(11-19(20)25)17-12-27-21(28-13-17)22(31)26-6-9-30/h10-13,15,30H,2-9,14H2,1H3,(H,26,31). The zero-order valence-electron chi connectivity index (χ0n) is 18.1. The lowest BCUT2D eigenvalue weighted by molar-refractivity contribution is 0.0934. The van der Waals surface area contributed by atoms with Gasteiger partial charge in [0.1, 0.15) is 0 Å². The monoisotopic (exact) mass is 446 g/mol. The quantitative estimate of drug-likeness (QED) is 0.649. The Morgan fingerprint density at radius 2 is 1.81 bits per heavy atom. The van der Waals surface area contributed by atoms with Crippen molar-refractivity contribution in [3.63, 3.8) is 0 Å². The third kappa shape index (κ3) is 5.05. The van der Waals surface area contributed by atoms with Crippen molar-refractivity contribution in [2.45, 2.75) is 38.1 Å². The van der Waals surface area contributed by atoms with Crippen molar-refractivity contribution >= 4 is 5.91 Å². The SMILES string of the molecule is CC1(N2CCC(COc3c(F)cc(-c4cnc(C(=O)NCCO)nc4)cc3F)CC2)CC1. The highest BCUT2D eigenvalue weighted by Crippen LogP contribution is 2.43. The van der Waals surface area contributed by atoms with Crippen LogP contribution in [0.3, 0.4) is 0 Å². The van der Waals surface area contributed by atoms with E-state index >= 15 is 0 Å². The molecule has 2 aromatic rings. The highest BCUT2D eigenvalue weighted by molar-refractivity contribution is 5.90. The van der Waals surface area contributed by atoms with Gasteiger partial charge in [0.25, 0.3) is 5.91 Å². The first-order chi connectivity index (χ1) is 15.4. The van der Waals surface area contributed by atoms with Crippen LogP contribution >= 0.6 is 0 Å². The van der Waals surface area contributed by atoms with E-state index in [2.05, 4.69) is 27.1 Å². The van der Waals surface area contributed by atoms with Crippen LogP contribution in [0.2, 0.25) is 0 Å². The molecule has 1 saturated heterocycles. The Balaban J connectivity index is 1.36. The van der Waals surface area contributed by atoms with Gasteiger partial charge in [0.05, 0.1) is 13.2 Å². The van der Waals surface area contributed by atoms with E-state index in [1.165, 1.54) is 37.4 Å². The van der Waals surface area contributed by atoms with Crippen LogP contribution in [0.5, 0.6) is 5.75 Å². The number of carbonyl (C=O) groups is 1. The molecule has 172 valence electrons. The summed E-state index contributed by atoms with van der Waals surface area (Å²) in [5, 5.41) is 11.2. The fourth-order valence-electron chi connectivity index (χ4n) is 4.05. The van der Waals surface area contributed by atoms with E-state index in [1.54, 1.807) is 0 Å². The maximum absolute atomic E-state index is 14.6. The van der Waals surface area contributed by atoms with Gasteiger partial charge in [0.2, 0.25) is 5.82 Å². The number of rotatable bonds is 8. The molecule has 2 aliphatic rings. The fraction of sp³-hybridized carbons (Fsp3) is 0.522. The molecule has 0 radical (unpaired) electrons. The molecule has 1 aliphatic heterocycles. The summed E-state index contributed by atoms with van der Waals surface area (Å²) >= 11 is 0. The van der Waals surface area contributed by atoms with Crippen molar-refractivity contribution in [2.24, 2.45) is 5.92 Å². The van der Waals surface area contributed by atoms with Crippen molar-refractivity contribution in [3.05, 3.63) is 42.0 Å². The Kier molecular flexibility index (Phi) is 6.66. The maximum Gasteiger partial charge on any atom is 0.289 e. The highest BCUT2D eigenvalue weighted by atomic mass is 19.1. The molecule has 4 rings (SSSR count). The number of ether oxygens (including phenoxy) is 1. The van der Waals surface area contributed by atoms with Crippen molar-refractivity contribution in [2.75, 3.05) is 32.8 Å². The summed E-state index contributed by atoms with van der Waals surface area (Å²) in [5.41, 5.74) is 0.986. The molecule has 0 unspecified atom stereocenters. The van der Waals surface area contributed by atoms with E-state index in [9.17, 15) is 13.6 Å². The van der Waals surface area contributed by atoms with Gasteiger partial charge < -0.3 is 15.2 Å². The zero-order valence-corrected chi connectivity index (χ0v) is 18.1. The molecule has 0 atom stereocenters. The van der Waals surface area contributed by atoms with Gasteiger partial charge in [-0.25, -0.2) is 18.7 Å². The summed E-state index contributed by atoms with van der Waals surface area (Å²) in [6, 6.07) is 2.36. The van der Waals surface area contributed by atoms with Gasteiger partial charge in [0, 0.05) is 30.0 Å². The Morgan fingerprint density at radius 3 is 2.38 bits per heavy atom. The molecule has 1 aliphatic carbocycles. The summed E-state index contributed by atoms with van der Waals surface area (Å²) in [6.45, 7) is 4.47. The Hall–Kier alpha value is -2.65. The second-order valence-electron chi connectivity index (χ2n) is 8.78. The van der Waals surface area contributed by atoms with E-state index in [-0.39, 0.29) is 36.2 Å². The number of benzene rings is 1. The molecular weight excluding hydrogens is 418 g/mol. The molecule has 2 fully saturated rings. The lowest BCUT2D eigenvalue weighted by atomic mass is 9.96. The third-order valence-electron chi connectivity index (χ3n) is 6.40. The lowest BCUT2D eigenvalue weighted by Gasteiger charge is -2.36. The van der Waals surface area contributed by atoms with E-state index < -0.39 is 17.5 Å². The van der Waals surface area contributed by atoms with Gasteiger partial charge in [0.15, 0.2) is 17.4 Å². The number of hydrogen-bond acceptors (Lipinski definition) is 6. The van der Waals surface area contributed by atoms with Crippen molar-refractivity contribution in [3.8, 4) is 16.9 Å². The van der Waals surface area contributed by atoms with E-state index in [0.717, 1.165) is 25.9 Å². The van der Waals surface area contributed by atoms with Crippen molar-refractivity contribution in [1.82, 2.24) is 20.2 Å². The molecule has 1 saturated carbocycles. The van der Waals surface area contributed by atoms with Crippen LogP contribution in [0.4, 0.5) is 8.78 Å². The first-order valence-corrected chi connectivity index (χ1v) is 11.0. The van der Waals surface area contributed by atoms with Gasteiger partial charge in [-0.05, 0) is 69.3 Å². The van der Waals surface area contributed by atoms with Crippen LogP contribution in [-0.2, 0) is 0 Å². The number of hydrogen-bond donors (Lipinski definition) is 2. The fourth-order valence-corrected chi connectivity index (χ4v) is 4.05. The smallest absolute Gasteiger partial charge is 0.289 e. The number of likely N-dealkylation sites (tertiary alicyclic amines) is 1. The first-order valence-electron chi connectivity index (χ1n) is 11.0.